The zero-order chi connectivity index (χ0) is 11.8. The van der Waals surface area contributed by atoms with Gasteiger partial charge in [0.05, 0.1) is 6.61 Å². The zero-order valence-corrected chi connectivity index (χ0v) is 10.8. The molecule has 0 bridgehead atoms. The quantitative estimate of drug-likeness (QED) is 0.644. The highest BCUT2D eigenvalue weighted by Gasteiger charge is 2.16. The zero-order valence-electron chi connectivity index (χ0n) is 10.8. The number of hydrogen-bond donors (Lipinski definition) is 2. The van der Waals surface area contributed by atoms with Crippen LogP contribution in [0.3, 0.4) is 0 Å². The molecule has 4 nitrogen and oxygen atoms in total. The highest BCUT2D eigenvalue weighted by molar-refractivity contribution is 4.73. The van der Waals surface area contributed by atoms with Crippen molar-refractivity contribution >= 4 is 0 Å². The molecule has 2 N–H and O–H groups in total. The first-order valence-corrected chi connectivity index (χ1v) is 6.53. The van der Waals surface area contributed by atoms with Crippen molar-refractivity contribution in [1.29, 1.82) is 0 Å². The molecule has 1 saturated heterocycles. The van der Waals surface area contributed by atoms with E-state index in [1.807, 2.05) is 7.05 Å². The molecule has 96 valence electrons. The second-order valence-corrected chi connectivity index (χ2v) is 4.64. The Hall–Kier alpha value is -0.160. The Morgan fingerprint density at radius 3 is 2.12 bits per heavy atom. The summed E-state index contributed by atoms with van der Waals surface area (Å²) in [5.41, 5.74) is 0. The standard InChI is InChI=1S/C12H27N3O/c1-3-5-14-7-9-15(10-8-14)6-4-12(11-16)13-2/h12-13,16H,3-11H2,1-2H3. The molecule has 0 aromatic heterocycles. The van der Waals surface area contributed by atoms with E-state index in [0.29, 0.717) is 0 Å². The van der Waals surface area contributed by atoms with Crippen LogP contribution in [0.2, 0.25) is 0 Å². The molecule has 1 aliphatic rings. The fraction of sp³-hybridized carbons (Fsp3) is 1.00. The summed E-state index contributed by atoms with van der Waals surface area (Å²) in [5, 5.41) is 12.2. The molecule has 1 heterocycles. The average Bonchev–Trinajstić information content (AvgIpc) is 2.33. The van der Waals surface area contributed by atoms with Crippen LogP contribution < -0.4 is 5.32 Å². The van der Waals surface area contributed by atoms with Crippen LogP contribution in [0.5, 0.6) is 0 Å². The first-order chi connectivity index (χ1) is 7.80. The molecule has 0 saturated carbocycles. The van der Waals surface area contributed by atoms with Gasteiger partial charge in [-0.2, -0.15) is 0 Å². The molecule has 1 atom stereocenters. The summed E-state index contributed by atoms with van der Waals surface area (Å²) in [6, 6.07) is 0.258. The fourth-order valence-electron chi connectivity index (χ4n) is 2.22. The lowest BCUT2D eigenvalue weighted by Crippen LogP contribution is -2.47. The van der Waals surface area contributed by atoms with Crippen LogP contribution in [0.1, 0.15) is 19.8 Å². The summed E-state index contributed by atoms with van der Waals surface area (Å²) in [4.78, 5) is 5.05. The molecule has 0 aromatic carbocycles. The second-order valence-electron chi connectivity index (χ2n) is 4.64. The molecule has 16 heavy (non-hydrogen) atoms. The van der Waals surface area contributed by atoms with Gasteiger partial charge in [0.1, 0.15) is 0 Å². The van der Waals surface area contributed by atoms with E-state index in [2.05, 4.69) is 22.0 Å². The third-order valence-corrected chi connectivity index (χ3v) is 3.43. The van der Waals surface area contributed by atoms with Gasteiger partial charge in [0.2, 0.25) is 0 Å². The van der Waals surface area contributed by atoms with Crippen LogP contribution in [0.4, 0.5) is 0 Å². The van der Waals surface area contributed by atoms with Crippen molar-refractivity contribution in [2.45, 2.75) is 25.8 Å². The normalized spacial score (nSPS) is 21.2. The van der Waals surface area contributed by atoms with Crippen molar-refractivity contribution in [3.05, 3.63) is 0 Å². The lowest BCUT2D eigenvalue weighted by molar-refractivity contribution is 0.124. The van der Waals surface area contributed by atoms with Crippen molar-refractivity contribution in [2.24, 2.45) is 0 Å². The van der Waals surface area contributed by atoms with Crippen LogP contribution in [-0.4, -0.2) is 73.9 Å². The van der Waals surface area contributed by atoms with E-state index in [-0.39, 0.29) is 12.6 Å². The summed E-state index contributed by atoms with van der Waals surface area (Å²) in [6.45, 7) is 9.60. The van der Waals surface area contributed by atoms with Crippen LogP contribution in [0.25, 0.3) is 0 Å². The number of hydrogen-bond acceptors (Lipinski definition) is 4. The van der Waals surface area contributed by atoms with E-state index < -0.39 is 0 Å². The van der Waals surface area contributed by atoms with Gasteiger partial charge in [0.15, 0.2) is 0 Å². The first-order valence-electron chi connectivity index (χ1n) is 6.53. The van der Waals surface area contributed by atoms with Gasteiger partial charge in [-0.1, -0.05) is 6.92 Å². The lowest BCUT2D eigenvalue weighted by atomic mass is 10.2. The fourth-order valence-corrected chi connectivity index (χ4v) is 2.22. The number of nitrogens with one attached hydrogen (secondary N) is 1. The number of nitrogens with zero attached hydrogens (tertiary/aromatic N) is 2. The van der Waals surface area contributed by atoms with Gasteiger partial charge in [0, 0.05) is 32.2 Å². The Balaban J connectivity index is 2.12. The first kappa shape index (κ1) is 13.9. The number of rotatable bonds is 7. The van der Waals surface area contributed by atoms with E-state index in [1.54, 1.807) is 0 Å². The minimum atomic E-state index is 0.242. The van der Waals surface area contributed by atoms with Gasteiger partial charge in [-0.05, 0) is 33.0 Å². The summed E-state index contributed by atoms with van der Waals surface area (Å²) >= 11 is 0. The van der Waals surface area contributed by atoms with Crippen molar-refractivity contribution in [2.75, 3.05) is 52.9 Å². The predicted octanol–water partition coefficient (Wildman–Crippen LogP) is -0.0156. The number of aliphatic hydroxyl groups excluding tert-OH is 1. The lowest BCUT2D eigenvalue weighted by Gasteiger charge is -2.35. The molecule has 0 spiro atoms. The molecule has 0 amide bonds. The Kier molecular flexibility index (Phi) is 6.96. The van der Waals surface area contributed by atoms with Crippen LogP contribution in [0, 0.1) is 0 Å². The third kappa shape index (κ3) is 4.78. The Morgan fingerprint density at radius 1 is 1.12 bits per heavy atom. The van der Waals surface area contributed by atoms with Gasteiger partial charge < -0.3 is 20.2 Å². The molecule has 0 aliphatic carbocycles. The van der Waals surface area contributed by atoms with E-state index in [1.165, 1.54) is 39.1 Å². The minimum absolute atomic E-state index is 0.242. The van der Waals surface area contributed by atoms with Crippen molar-refractivity contribution < 1.29 is 5.11 Å². The molecule has 0 radical (unpaired) electrons. The van der Waals surface area contributed by atoms with Gasteiger partial charge >= 0.3 is 0 Å². The van der Waals surface area contributed by atoms with Crippen LogP contribution in [0.15, 0.2) is 0 Å². The maximum atomic E-state index is 9.08. The molecule has 1 rings (SSSR count). The largest absolute Gasteiger partial charge is 0.395 e. The highest BCUT2D eigenvalue weighted by Crippen LogP contribution is 2.04. The van der Waals surface area contributed by atoms with E-state index in [0.717, 1.165) is 13.0 Å². The Labute approximate surface area is 99.6 Å². The highest BCUT2D eigenvalue weighted by atomic mass is 16.3. The van der Waals surface area contributed by atoms with Crippen LogP contribution in [-0.2, 0) is 0 Å². The molecule has 1 aliphatic heterocycles. The van der Waals surface area contributed by atoms with Crippen molar-refractivity contribution in [1.82, 2.24) is 15.1 Å². The van der Waals surface area contributed by atoms with E-state index in [9.17, 15) is 0 Å². The second kappa shape index (κ2) is 8.01. The summed E-state index contributed by atoms with van der Waals surface area (Å²) in [6.07, 6.45) is 2.30. The van der Waals surface area contributed by atoms with Gasteiger partial charge in [-0.25, -0.2) is 0 Å². The molecular formula is C12H27N3O. The summed E-state index contributed by atoms with van der Waals surface area (Å²) in [5.74, 6) is 0. The van der Waals surface area contributed by atoms with Crippen LogP contribution >= 0.6 is 0 Å². The molecule has 0 aromatic rings. The Bertz CT molecular complexity index is 166. The minimum Gasteiger partial charge on any atom is -0.395 e. The third-order valence-electron chi connectivity index (χ3n) is 3.43. The predicted molar refractivity (Wildman–Crippen MR) is 67.7 cm³/mol. The molecule has 1 fully saturated rings. The monoisotopic (exact) mass is 229 g/mol. The SMILES string of the molecule is CCCN1CCN(CCC(CO)NC)CC1. The molecule has 1 unspecified atom stereocenters. The van der Waals surface area contributed by atoms with Crippen molar-refractivity contribution in [3.8, 4) is 0 Å². The van der Waals surface area contributed by atoms with Gasteiger partial charge in [0.25, 0.3) is 0 Å². The Morgan fingerprint density at radius 2 is 1.69 bits per heavy atom. The van der Waals surface area contributed by atoms with E-state index in [4.69, 9.17) is 5.11 Å². The number of piperazine rings is 1. The van der Waals surface area contributed by atoms with Crippen molar-refractivity contribution in [3.63, 3.8) is 0 Å². The smallest absolute Gasteiger partial charge is 0.0585 e. The average molecular weight is 229 g/mol. The molecular weight excluding hydrogens is 202 g/mol. The maximum Gasteiger partial charge on any atom is 0.0585 e. The summed E-state index contributed by atoms with van der Waals surface area (Å²) < 4.78 is 0. The number of likely N-dealkylation sites (N-methyl/N-ethyl adjacent to an activating group) is 1. The number of aliphatic hydroxyl groups is 1. The van der Waals surface area contributed by atoms with Gasteiger partial charge in [-0.3, -0.25) is 0 Å². The molecule has 4 heteroatoms. The topological polar surface area (TPSA) is 38.7 Å². The van der Waals surface area contributed by atoms with E-state index >= 15 is 0 Å². The maximum absolute atomic E-state index is 9.08. The van der Waals surface area contributed by atoms with Gasteiger partial charge in [-0.15, -0.1) is 0 Å². The summed E-state index contributed by atoms with van der Waals surface area (Å²) in [7, 11) is 1.92.